The third-order valence-electron chi connectivity index (χ3n) is 3.01. The maximum Gasteiger partial charge on any atom is 0.220 e. The van der Waals surface area contributed by atoms with Gasteiger partial charge in [-0.25, -0.2) is 0 Å². The number of carbonyl (C=O) groups is 2. The molecule has 2 N–H and O–H groups in total. The molecule has 0 radical (unpaired) electrons. The third-order valence-corrected chi connectivity index (χ3v) is 3.54. The Hall–Kier alpha value is -1.20. The molecule has 0 saturated heterocycles. The smallest absolute Gasteiger partial charge is 0.220 e. The zero-order valence-electron chi connectivity index (χ0n) is 11.6. The van der Waals surface area contributed by atoms with Crippen molar-refractivity contribution in [3.63, 3.8) is 0 Å². The minimum Gasteiger partial charge on any atom is -0.396 e. The Kier molecular flexibility index (Phi) is 7.47. The molecule has 0 aliphatic rings. The van der Waals surface area contributed by atoms with E-state index in [1.807, 2.05) is 19.1 Å². The van der Waals surface area contributed by atoms with Crippen molar-refractivity contribution in [3.8, 4) is 0 Å². The van der Waals surface area contributed by atoms with Crippen molar-refractivity contribution in [2.45, 2.75) is 26.2 Å². The molecule has 110 valence electrons. The minimum atomic E-state index is -0.125. The maximum atomic E-state index is 11.9. The number of aliphatic hydroxyl groups excluding tert-OH is 1. The van der Waals surface area contributed by atoms with Crippen molar-refractivity contribution in [2.75, 3.05) is 13.2 Å². The van der Waals surface area contributed by atoms with Gasteiger partial charge in [0.15, 0.2) is 5.78 Å². The molecule has 1 atom stereocenters. The van der Waals surface area contributed by atoms with Crippen LogP contribution >= 0.6 is 15.9 Å². The Balaban J connectivity index is 2.30. The topological polar surface area (TPSA) is 66.4 Å². The normalized spacial score (nSPS) is 11.9. The summed E-state index contributed by atoms with van der Waals surface area (Å²) in [6.45, 7) is 2.62. The van der Waals surface area contributed by atoms with Gasteiger partial charge in [-0.3, -0.25) is 9.59 Å². The highest BCUT2D eigenvalue weighted by atomic mass is 79.9. The Bertz CT molecular complexity index is 445. The standard InChI is InChI=1S/C15H20BrNO3/c1-11(8-9-18)10-17-15(20)7-6-14(19)12-2-4-13(16)5-3-12/h2-5,11,18H,6-10H2,1H3,(H,17,20). The molecular weight excluding hydrogens is 322 g/mol. The summed E-state index contributed by atoms with van der Waals surface area (Å²) < 4.78 is 0.921. The van der Waals surface area contributed by atoms with Crippen molar-refractivity contribution in [2.24, 2.45) is 5.92 Å². The molecule has 0 aliphatic heterocycles. The van der Waals surface area contributed by atoms with Gasteiger partial charge < -0.3 is 10.4 Å². The van der Waals surface area contributed by atoms with Crippen molar-refractivity contribution in [3.05, 3.63) is 34.3 Å². The second-order valence-electron chi connectivity index (χ2n) is 4.85. The van der Waals surface area contributed by atoms with E-state index in [1.165, 1.54) is 0 Å². The van der Waals surface area contributed by atoms with Gasteiger partial charge in [-0.2, -0.15) is 0 Å². The van der Waals surface area contributed by atoms with Gasteiger partial charge in [0, 0.05) is 36.0 Å². The van der Waals surface area contributed by atoms with Gasteiger partial charge in [-0.1, -0.05) is 35.0 Å². The van der Waals surface area contributed by atoms with Crippen LogP contribution in [0.1, 0.15) is 36.5 Å². The number of hydrogen-bond acceptors (Lipinski definition) is 3. The average Bonchev–Trinajstić information content (AvgIpc) is 2.43. The van der Waals surface area contributed by atoms with Crippen LogP contribution < -0.4 is 5.32 Å². The zero-order chi connectivity index (χ0) is 15.0. The van der Waals surface area contributed by atoms with Crippen LogP contribution in [-0.2, 0) is 4.79 Å². The van der Waals surface area contributed by atoms with Gasteiger partial charge in [0.1, 0.15) is 0 Å². The highest BCUT2D eigenvalue weighted by Crippen LogP contribution is 2.12. The maximum absolute atomic E-state index is 11.9. The summed E-state index contributed by atoms with van der Waals surface area (Å²) in [5.74, 6) is 0.0856. The van der Waals surface area contributed by atoms with Crippen LogP contribution in [0, 0.1) is 5.92 Å². The predicted octanol–water partition coefficient (Wildman–Crippen LogP) is 2.55. The lowest BCUT2D eigenvalue weighted by molar-refractivity contribution is -0.121. The van der Waals surface area contributed by atoms with Crippen LogP contribution in [0.4, 0.5) is 0 Å². The average molecular weight is 342 g/mol. The summed E-state index contributed by atoms with van der Waals surface area (Å²) in [6.07, 6.45) is 1.07. The number of amides is 1. The van der Waals surface area contributed by atoms with E-state index >= 15 is 0 Å². The summed E-state index contributed by atoms with van der Waals surface area (Å²) >= 11 is 3.31. The molecule has 4 nitrogen and oxygen atoms in total. The lowest BCUT2D eigenvalue weighted by Gasteiger charge is -2.10. The fourth-order valence-electron chi connectivity index (χ4n) is 1.71. The van der Waals surface area contributed by atoms with Crippen LogP contribution in [0.3, 0.4) is 0 Å². The van der Waals surface area contributed by atoms with Gasteiger partial charge in [0.05, 0.1) is 0 Å². The Morgan fingerprint density at radius 3 is 2.50 bits per heavy atom. The number of aliphatic hydroxyl groups is 1. The van der Waals surface area contributed by atoms with E-state index in [2.05, 4.69) is 21.2 Å². The SMILES string of the molecule is CC(CCO)CNC(=O)CCC(=O)c1ccc(Br)cc1. The number of Topliss-reactive ketones (excluding diaryl/α,β-unsaturated/α-hetero) is 1. The minimum absolute atomic E-state index is 0.0314. The molecular formula is C15H20BrNO3. The second-order valence-corrected chi connectivity index (χ2v) is 5.77. The first-order valence-electron chi connectivity index (χ1n) is 6.69. The molecule has 0 aromatic heterocycles. The van der Waals surface area contributed by atoms with Gasteiger partial charge in [-0.15, -0.1) is 0 Å². The quantitative estimate of drug-likeness (QED) is 0.714. The van der Waals surface area contributed by atoms with Gasteiger partial charge in [0.25, 0.3) is 0 Å². The number of rotatable bonds is 8. The molecule has 0 saturated carbocycles. The fourth-order valence-corrected chi connectivity index (χ4v) is 1.97. The molecule has 1 aromatic carbocycles. The third kappa shape index (κ3) is 6.30. The molecule has 0 aliphatic carbocycles. The molecule has 5 heteroatoms. The van der Waals surface area contributed by atoms with Gasteiger partial charge in [0.2, 0.25) is 5.91 Å². The highest BCUT2D eigenvalue weighted by Gasteiger charge is 2.10. The largest absolute Gasteiger partial charge is 0.396 e. The molecule has 1 unspecified atom stereocenters. The number of halogens is 1. The lowest BCUT2D eigenvalue weighted by Crippen LogP contribution is -2.28. The zero-order valence-corrected chi connectivity index (χ0v) is 13.1. The van der Waals surface area contributed by atoms with Crippen molar-refractivity contribution in [1.82, 2.24) is 5.32 Å². The van der Waals surface area contributed by atoms with E-state index in [-0.39, 0.29) is 37.1 Å². The molecule has 1 amide bonds. The molecule has 0 heterocycles. The lowest BCUT2D eigenvalue weighted by atomic mass is 10.1. The molecule has 1 aromatic rings. The van der Waals surface area contributed by atoms with Gasteiger partial charge in [-0.05, 0) is 24.5 Å². The summed E-state index contributed by atoms with van der Waals surface area (Å²) in [6, 6.07) is 7.11. The Labute approximate surface area is 127 Å². The monoisotopic (exact) mass is 341 g/mol. The van der Waals surface area contributed by atoms with Gasteiger partial charge >= 0.3 is 0 Å². The van der Waals surface area contributed by atoms with Crippen LogP contribution in [0.25, 0.3) is 0 Å². The van der Waals surface area contributed by atoms with Crippen molar-refractivity contribution < 1.29 is 14.7 Å². The number of carbonyl (C=O) groups excluding carboxylic acids is 2. The molecule has 0 bridgehead atoms. The predicted molar refractivity (Wildman–Crippen MR) is 81.6 cm³/mol. The molecule has 0 spiro atoms. The van der Waals surface area contributed by atoms with E-state index in [9.17, 15) is 9.59 Å². The first-order valence-corrected chi connectivity index (χ1v) is 7.48. The molecule has 0 fully saturated rings. The first kappa shape index (κ1) is 16.9. The van der Waals surface area contributed by atoms with E-state index < -0.39 is 0 Å². The van der Waals surface area contributed by atoms with E-state index in [0.717, 1.165) is 4.47 Å². The Morgan fingerprint density at radius 1 is 1.25 bits per heavy atom. The number of hydrogen-bond donors (Lipinski definition) is 2. The first-order chi connectivity index (χ1) is 9.52. The van der Waals surface area contributed by atoms with Crippen LogP contribution in [-0.4, -0.2) is 29.9 Å². The summed E-state index contributed by atoms with van der Waals surface area (Å²) in [5.41, 5.74) is 0.620. The van der Waals surface area contributed by atoms with Crippen LogP contribution in [0.2, 0.25) is 0 Å². The van der Waals surface area contributed by atoms with E-state index in [0.29, 0.717) is 18.5 Å². The Morgan fingerprint density at radius 2 is 1.90 bits per heavy atom. The van der Waals surface area contributed by atoms with Crippen molar-refractivity contribution in [1.29, 1.82) is 0 Å². The number of nitrogens with one attached hydrogen (secondary N) is 1. The van der Waals surface area contributed by atoms with E-state index in [1.54, 1.807) is 12.1 Å². The second kappa shape index (κ2) is 8.87. The number of benzene rings is 1. The number of ketones is 1. The molecule has 1 rings (SSSR count). The summed E-state index contributed by atoms with van der Waals surface area (Å²) in [4.78, 5) is 23.5. The van der Waals surface area contributed by atoms with E-state index in [4.69, 9.17) is 5.11 Å². The fraction of sp³-hybridized carbons (Fsp3) is 0.467. The van der Waals surface area contributed by atoms with Crippen LogP contribution in [0.5, 0.6) is 0 Å². The van der Waals surface area contributed by atoms with Crippen molar-refractivity contribution >= 4 is 27.6 Å². The van der Waals surface area contributed by atoms with Crippen LogP contribution in [0.15, 0.2) is 28.7 Å². The summed E-state index contributed by atoms with van der Waals surface area (Å²) in [5, 5.41) is 11.5. The highest BCUT2D eigenvalue weighted by molar-refractivity contribution is 9.10. The molecule has 20 heavy (non-hydrogen) atoms. The summed E-state index contributed by atoms with van der Waals surface area (Å²) in [7, 11) is 0.